The molecule has 1 N–H and O–H groups in total. The zero-order chi connectivity index (χ0) is 16.1. The summed E-state index contributed by atoms with van der Waals surface area (Å²) in [6.07, 6.45) is 1.65. The van der Waals surface area contributed by atoms with Crippen molar-refractivity contribution < 1.29 is 9.53 Å². The number of hydrogen-bond donors (Lipinski definition) is 1. The largest absolute Gasteiger partial charge is 0.494 e. The number of nitrogens with zero attached hydrogens (tertiary/aromatic N) is 1. The van der Waals surface area contributed by atoms with Crippen LogP contribution in [0.5, 0.6) is 5.75 Å². The second kappa shape index (κ2) is 7.07. The number of thiophene rings is 1. The van der Waals surface area contributed by atoms with Gasteiger partial charge >= 0.3 is 0 Å². The van der Waals surface area contributed by atoms with Crippen molar-refractivity contribution in [3.63, 3.8) is 0 Å². The third-order valence-electron chi connectivity index (χ3n) is 3.26. The average molecular weight is 324 g/mol. The molecule has 0 radical (unpaired) electrons. The Labute approximate surface area is 138 Å². The van der Waals surface area contributed by atoms with Crippen LogP contribution in [0.2, 0.25) is 0 Å². The monoisotopic (exact) mass is 324 g/mol. The molecule has 0 aliphatic heterocycles. The Hall–Kier alpha value is -2.66. The van der Waals surface area contributed by atoms with E-state index in [1.165, 1.54) is 0 Å². The van der Waals surface area contributed by atoms with Gasteiger partial charge in [-0.05, 0) is 54.8 Å². The fourth-order valence-electron chi connectivity index (χ4n) is 2.14. The van der Waals surface area contributed by atoms with Gasteiger partial charge in [-0.1, -0.05) is 0 Å². The maximum Gasteiger partial charge on any atom is 0.255 e. The number of amides is 1. The van der Waals surface area contributed by atoms with E-state index in [1.54, 1.807) is 29.7 Å². The fourth-order valence-corrected chi connectivity index (χ4v) is 2.79. The molecule has 0 fully saturated rings. The lowest BCUT2D eigenvalue weighted by Crippen LogP contribution is -2.12. The van der Waals surface area contributed by atoms with E-state index < -0.39 is 0 Å². The predicted octanol–water partition coefficient (Wildman–Crippen LogP) is 4.46. The number of aromatic nitrogens is 1. The van der Waals surface area contributed by atoms with Gasteiger partial charge in [-0.3, -0.25) is 9.78 Å². The van der Waals surface area contributed by atoms with Crippen molar-refractivity contribution >= 4 is 22.9 Å². The smallest absolute Gasteiger partial charge is 0.255 e. The van der Waals surface area contributed by atoms with Gasteiger partial charge in [0.15, 0.2) is 0 Å². The molecule has 0 unspecified atom stereocenters. The minimum absolute atomic E-state index is 0.159. The minimum Gasteiger partial charge on any atom is -0.494 e. The van der Waals surface area contributed by atoms with Crippen molar-refractivity contribution in [1.29, 1.82) is 0 Å². The summed E-state index contributed by atoms with van der Waals surface area (Å²) < 4.78 is 5.39. The SMILES string of the molecule is CCOc1ccc(NC(=O)c2ccnc(-c3ccsc3)c2)cc1. The number of pyridine rings is 1. The van der Waals surface area contributed by atoms with Gasteiger partial charge in [-0.15, -0.1) is 0 Å². The van der Waals surface area contributed by atoms with E-state index in [-0.39, 0.29) is 5.91 Å². The summed E-state index contributed by atoms with van der Waals surface area (Å²) in [5.74, 6) is 0.627. The van der Waals surface area contributed by atoms with E-state index in [1.807, 2.05) is 48.0 Å². The van der Waals surface area contributed by atoms with Gasteiger partial charge in [0.1, 0.15) is 5.75 Å². The summed E-state index contributed by atoms with van der Waals surface area (Å²) in [7, 11) is 0. The standard InChI is InChI=1S/C18H16N2O2S/c1-2-22-16-5-3-15(4-6-16)20-18(21)13-7-9-19-17(11-13)14-8-10-23-12-14/h3-12H,2H2,1H3,(H,20,21). The Morgan fingerprint density at radius 2 is 2.04 bits per heavy atom. The molecule has 1 amide bonds. The molecule has 3 rings (SSSR count). The van der Waals surface area contributed by atoms with Gasteiger partial charge in [0.2, 0.25) is 0 Å². The highest BCUT2D eigenvalue weighted by molar-refractivity contribution is 7.08. The van der Waals surface area contributed by atoms with Gasteiger partial charge in [0.05, 0.1) is 12.3 Å². The maximum absolute atomic E-state index is 12.4. The quantitative estimate of drug-likeness (QED) is 0.754. The normalized spacial score (nSPS) is 10.3. The van der Waals surface area contributed by atoms with E-state index >= 15 is 0 Å². The zero-order valence-electron chi connectivity index (χ0n) is 12.7. The Bertz CT molecular complexity index is 783. The zero-order valence-corrected chi connectivity index (χ0v) is 13.5. The first-order valence-corrected chi connectivity index (χ1v) is 8.23. The summed E-state index contributed by atoms with van der Waals surface area (Å²) in [4.78, 5) is 16.7. The van der Waals surface area contributed by atoms with Crippen LogP contribution < -0.4 is 10.1 Å². The van der Waals surface area contributed by atoms with Crippen LogP contribution in [-0.2, 0) is 0 Å². The van der Waals surface area contributed by atoms with Crippen molar-refractivity contribution in [1.82, 2.24) is 4.98 Å². The third-order valence-corrected chi connectivity index (χ3v) is 3.95. The fraction of sp³-hybridized carbons (Fsp3) is 0.111. The average Bonchev–Trinajstić information content (AvgIpc) is 3.12. The van der Waals surface area contributed by atoms with Gasteiger partial charge in [0.25, 0.3) is 5.91 Å². The van der Waals surface area contributed by atoms with Crippen LogP contribution in [0.25, 0.3) is 11.3 Å². The second-order valence-corrected chi connectivity index (χ2v) is 5.63. The Morgan fingerprint density at radius 3 is 2.74 bits per heavy atom. The molecule has 0 saturated heterocycles. The molecule has 116 valence electrons. The molecule has 0 bridgehead atoms. The van der Waals surface area contributed by atoms with Gasteiger partial charge in [-0.25, -0.2) is 0 Å². The first-order valence-electron chi connectivity index (χ1n) is 7.29. The van der Waals surface area contributed by atoms with Crippen LogP contribution in [0.15, 0.2) is 59.4 Å². The number of rotatable bonds is 5. The molecule has 0 saturated carbocycles. The van der Waals surface area contributed by atoms with Crippen molar-refractivity contribution in [2.75, 3.05) is 11.9 Å². The van der Waals surface area contributed by atoms with E-state index in [0.29, 0.717) is 12.2 Å². The molecule has 23 heavy (non-hydrogen) atoms. The van der Waals surface area contributed by atoms with E-state index in [0.717, 1.165) is 22.7 Å². The molecular weight excluding hydrogens is 308 g/mol. The Kier molecular flexibility index (Phi) is 4.68. The first-order chi connectivity index (χ1) is 11.3. The van der Waals surface area contributed by atoms with Gasteiger partial charge < -0.3 is 10.1 Å². The molecular formula is C18H16N2O2S. The first kappa shape index (κ1) is 15.2. The number of nitrogens with one attached hydrogen (secondary N) is 1. The van der Waals surface area contributed by atoms with Crippen molar-refractivity contribution in [2.45, 2.75) is 6.92 Å². The molecule has 3 aromatic rings. The molecule has 2 heterocycles. The summed E-state index contributed by atoms with van der Waals surface area (Å²) in [5.41, 5.74) is 3.12. The Morgan fingerprint density at radius 1 is 1.22 bits per heavy atom. The molecule has 5 heteroatoms. The molecule has 2 aromatic heterocycles. The molecule has 0 aliphatic rings. The van der Waals surface area contributed by atoms with E-state index in [9.17, 15) is 4.79 Å². The summed E-state index contributed by atoms with van der Waals surface area (Å²) in [6, 6.07) is 12.8. The predicted molar refractivity (Wildman–Crippen MR) is 93.1 cm³/mol. The van der Waals surface area contributed by atoms with Crippen molar-refractivity contribution in [3.8, 4) is 17.0 Å². The van der Waals surface area contributed by atoms with Crippen LogP contribution in [0.4, 0.5) is 5.69 Å². The highest BCUT2D eigenvalue weighted by atomic mass is 32.1. The number of ether oxygens (including phenoxy) is 1. The number of anilines is 1. The van der Waals surface area contributed by atoms with Crippen LogP contribution in [0, 0.1) is 0 Å². The number of carbonyl (C=O) groups is 1. The number of carbonyl (C=O) groups excluding carboxylic acids is 1. The van der Waals surface area contributed by atoms with Crippen LogP contribution in [-0.4, -0.2) is 17.5 Å². The maximum atomic E-state index is 12.4. The van der Waals surface area contributed by atoms with Crippen LogP contribution in [0.1, 0.15) is 17.3 Å². The molecule has 1 aromatic carbocycles. The lowest BCUT2D eigenvalue weighted by molar-refractivity contribution is 0.102. The van der Waals surface area contributed by atoms with Gasteiger partial charge in [0, 0.05) is 28.4 Å². The van der Waals surface area contributed by atoms with E-state index in [2.05, 4.69) is 10.3 Å². The number of hydrogen-bond acceptors (Lipinski definition) is 4. The molecule has 0 aliphatic carbocycles. The molecule has 0 spiro atoms. The summed E-state index contributed by atoms with van der Waals surface area (Å²) in [5, 5.41) is 6.88. The lowest BCUT2D eigenvalue weighted by atomic mass is 10.1. The molecule has 0 atom stereocenters. The van der Waals surface area contributed by atoms with Crippen molar-refractivity contribution in [2.24, 2.45) is 0 Å². The highest BCUT2D eigenvalue weighted by Gasteiger charge is 2.09. The minimum atomic E-state index is -0.159. The lowest BCUT2D eigenvalue weighted by Gasteiger charge is -2.08. The summed E-state index contributed by atoms with van der Waals surface area (Å²) in [6.45, 7) is 2.55. The van der Waals surface area contributed by atoms with Gasteiger partial charge in [-0.2, -0.15) is 11.3 Å². The topological polar surface area (TPSA) is 51.2 Å². The van der Waals surface area contributed by atoms with Crippen molar-refractivity contribution in [3.05, 3.63) is 65.0 Å². The number of benzene rings is 1. The van der Waals surface area contributed by atoms with Crippen LogP contribution in [0.3, 0.4) is 0 Å². The third kappa shape index (κ3) is 3.76. The second-order valence-electron chi connectivity index (χ2n) is 4.85. The van der Waals surface area contributed by atoms with E-state index in [4.69, 9.17) is 4.74 Å². The molecule has 4 nitrogen and oxygen atoms in total. The summed E-state index contributed by atoms with van der Waals surface area (Å²) >= 11 is 1.60. The highest BCUT2D eigenvalue weighted by Crippen LogP contribution is 2.21. The van der Waals surface area contributed by atoms with Crippen LogP contribution >= 0.6 is 11.3 Å². The Balaban J connectivity index is 1.74.